The Kier molecular flexibility index (Phi) is 11.8. The van der Waals surface area contributed by atoms with Gasteiger partial charge in [0.25, 0.3) is 0 Å². The maximum absolute atomic E-state index is 12.6. The Bertz CT molecular complexity index is 481. The number of hydrogen-bond donors (Lipinski definition) is 0. The van der Waals surface area contributed by atoms with Crippen LogP contribution in [-0.4, -0.2) is 36.7 Å². The number of ether oxygens (including phenoxy) is 2. The van der Waals surface area contributed by atoms with Crippen LogP contribution in [0.5, 0.6) is 0 Å². The summed E-state index contributed by atoms with van der Waals surface area (Å²) in [6.45, 7) is 9.87. The summed E-state index contributed by atoms with van der Waals surface area (Å²) < 4.78 is 9.93. The highest BCUT2D eigenvalue weighted by molar-refractivity contribution is 6.38. The fourth-order valence-electron chi connectivity index (χ4n) is 2.72. The third-order valence-corrected chi connectivity index (χ3v) is 4.43. The molecule has 0 heterocycles. The SMILES string of the molecule is CCCCOC(=O)C(=O)CC(C(=O)C(=O)OCCCC)C(C)(C)CCC. The molecule has 0 aromatic heterocycles. The molecular formula is C20H34O6. The zero-order valence-corrected chi connectivity index (χ0v) is 16.9. The van der Waals surface area contributed by atoms with Gasteiger partial charge < -0.3 is 9.47 Å². The number of rotatable bonds is 14. The Balaban J connectivity index is 5.11. The van der Waals surface area contributed by atoms with E-state index in [0.717, 1.165) is 19.3 Å². The summed E-state index contributed by atoms with van der Waals surface area (Å²) in [5.41, 5.74) is -0.602. The largest absolute Gasteiger partial charge is 0.460 e. The first-order chi connectivity index (χ1) is 12.2. The van der Waals surface area contributed by atoms with Gasteiger partial charge in [0, 0.05) is 12.3 Å². The van der Waals surface area contributed by atoms with Gasteiger partial charge >= 0.3 is 11.9 Å². The van der Waals surface area contributed by atoms with E-state index >= 15 is 0 Å². The Labute approximate surface area is 157 Å². The summed E-state index contributed by atoms with van der Waals surface area (Å²) in [4.78, 5) is 48.7. The first kappa shape index (κ1) is 24.3. The van der Waals surface area contributed by atoms with Crippen molar-refractivity contribution in [1.29, 1.82) is 0 Å². The molecule has 1 unspecified atom stereocenters. The predicted octanol–water partition coefficient (Wildman–Crippen LogP) is 3.64. The van der Waals surface area contributed by atoms with Crippen molar-refractivity contribution < 1.29 is 28.7 Å². The molecule has 0 saturated heterocycles. The van der Waals surface area contributed by atoms with Crippen molar-refractivity contribution in [3.8, 4) is 0 Å². The van der Waals surface area contributed by atoms with Crippen LogP contribution in [0.15, 0.2) is 0 Å². The third kappa shape index (κ3) is 8.59. The Morgan fingerprint density at radius 3 is 1.77 bits per heavy atom. The summed E-state index contributed by atoms with van der Waals surface area (Å²) in [7, 11) is 0. The van der Waals surface area contributed by atoms with Gasteiger partial charge in [0.1, 0.15) is 0 Å². The topological polar surface area (TPSA) is 86.7 Å². The molecule has 0 aliphatic heterocycles. The summed E-state index contributed by atoms with van der Waals surface area (Å²) >= 11 is 0. The molecule has 0 radical (unpaired) electrons. The fourth-order valence-corrected chi connectivity index (χ4v) is 2.72. The minimum absolute atomic E-state index is 0.176. The normalized spacial score (nSPS) is 12.3. The highest BCUT2D eigenvalue weighted by atomic mass is 16.5. The zero-order chi connectivity index (χ0) is 20.2. The monoisotopic (exact) mass is 370 g/mol. The van der Waals surface area contributed by atoms with Gasteiger partial charge in [0.15, 0.2) is 0 Å². The lowest BCUT2D eigenvalue weighted by molar-refractivity contribution is -0.160. The Morgan fingerprint density at radius 1 is 0.808 bits per heavy atom. The molecule has 0 saturated carbocycles. The summed E-state index contributed by atoms with van der Waals surface area (Å²) in [5.74, 6) is -4.29. The van der Waals surface area contributed by atoms with Crippen LogP contribution in [0.4, 0.5) is 0 Å². The van der Waals surface area contributed by atoms with Crippen LogP contribution in [0.2, 0.25) is 0 Å². The van der Waals surface area contributed by atoms with Gasteiger partial charge in [-0.1, -0.05) is 53.9 Å². The highest BCUT2D eigenvalue weighted by Crippen LogP contribution is 2.35. The van der Waals surface area contributed by atoms with Crippen molar-refractivity contribution in [2.45, 2.75) is 79.6 Å². The molecule has 0 fully saturated rings. The van der Waals surface area contributed by atoms with Crippen LogP contribution in [0, 0.1) is 11.3 Å². The first-order valence-electron chi connectivity index (χ1n) is 9.62. The average Bonchev–Trinajstić information content (AvgIpc) is 2.58. The molecule has 0 aliphatic carbocycles. The van der Waals surface area contributed by atoms with Crippen LogP contribution in [0.3, 0.4) is 0 Å². The average molecular weight is 370 g/mol. The molecule has 26 heavy (non-hydrogen) atoms. The molecule has 0 aromatic carbocycles. The number of ketones is 2. The molecule has 0 aromatic rings. The van der Waals surface area contributed by atoms with Crippen molar-refractivity contribution >= 4 is 23.5 Å². The van der Waals surface area contributed by atoms with Crippen LogP contribution in [0.1, 0.15) is 79.6 Å². The van der Waals surface area contributed by atoms with Crippen LogP contribution < -0.4 is 0 Å². The van der Waals surface area contributed by atoms with Crippen molar-refractivity contribution in [3.05, 3.63) is 0 Å². The highest BCUT2D eigenvalue weighted by Gasteiger charge is 2.41. The third-order valence-electron chi connectivity index (χ3n) is 4.43. The number of unbranched alkanes of at least 4 members (excludes halogenated alkanes) is 2. The lowest BCUT2D eigenvalue weighted by atomic mass is 9.71. The molecule has 6 nitrogen and oxygen atoms in total. The van der Waals surface area contributed by atoms with Gasteiger partial charge in [-0.25, -0.2) is 9.59 Å². The molecule has 6 heteroatoms. The molecule has 0 aliphatic rings. The van der Waals surface area contributed by atoms with Gasteiger partial charge in [-0.3, -0.25) is 9.59 Å². The van der Waals surface area contributed by atoms with E-state index < -0.39 is 34.8 Å². The molecule has 0 rings (SSSR count). The number of carbonyl (C=O) groups is 4. The van der Waals surface area contributed by atoms with Crippen LogP contribution in [-0.2, 0) is 28.7 Å². The van der Waals surface area contributed by atoms with Gasteiger partial charge in [0.05, 0.1) is 13.2 Å². The molecule has 1 atom stereocenters. The summed E-state index contributed by atoms with van der Waals surface area (Å²) in [6, 6.07) is 0. The van der Waals surface area contributed by atoms with Crippen molar-refractivity contribution in [1.82, 2.24) is 0 Å². The molecular weight excluding hydrogens is 336 g/mol. The number of carbonyl (C=O) groups excluding carboxylic acids is 4. The lowest BCUT2D eigenvalue weighted by Gasteiger charge is -2.32. The predicted molar refractivity (Wildman–Crippen MR) is 98.5 cm³/mol. The van der Waals surface area contributed by atoms with Gasteiger partial charge in [0.2, 0.25) is 11.6 Å². The van der Waals surface area contributed by atoms with Crippen LogP contribution in [0.25, 0.3) is 0 Å². The van der Waals surface area contributed by atoms with Crippen molar-refractivity contribution in [3.63, 3.8) is 0 Å². The second-order valence-corrected chi connectivity index (χ2v) is 7.26. The summed E-state index contributed by atoms with van der Waals surface area (Å²) in [5, 5.41) is 0. The lowest BCUT2D eigenvalue weighted by Crippen LogP contribution is -2.39. The van der Waals surface area contributed by atoms with E-state index in [4.69, 9.17) is 9.47 Å². The van der Waals surface area contributed by atoms with E-state index in [1.165, 1.54) is 0 Å². The van der Waals surface area contributed by atoms with Crippen molar-refractivity contribution in [2.75, 3.05) is 13.2 Å². The quantitative estimate of drug-likeness (QED) is 0.263. The van der Waals surface area contributed by atoms with E-state index in [9.17, 15) is 19.2 Å². The van der Waals surface area contributed by atoms with Gasteiger partial charge in [-0.15, -0.1) is 0 Å². The fraction of sp³-hybridized carbons (Fsp3) is 0.800. The van der Waals surface area contributed by atoms with E-state index in [0.29, 0.717) is 19.3 Å². The number of Topliss-reactive ketones (excluding diaryl/α,β-unsaturated/α-hetero) is 2. The molecule has 0 bridgehead atoms. The molecule has 150 valence electrons. The Hall–Kier alpha value is -1.72. The Morgan fingerprint density at radius 2 is 1.31 bits per heavy atom. The summed E-state index contributed by atoms with van der Waals surface area (Å²) in [6.07, 6.45) is 4.13. The second kappa shape index (κ2) is 12.6. The van der Waals surface area contributed by atoms with E-state index in [2.05, 4.69) is 0 Å². The molecule has 0 spiro atoms. The van der Waals surface area contributed by atoms with Gasteiger partial charge in [-0.05, 0) is 24.7 Å². The molecule has 0 N–H and O–H groups in total. The standard InChI is InChI=1S/C20H34O6/c1-6-9-12-25-18(23)16(21)14-15(20(4,5)11-8-3)17(22)19(24)26-13-10-7-2/h15H,6-14H2,1-5H3. The smallest absolute Gasteiger partial charge is 0.374 e. The second-order valence-electron chi connectivity index (χ2n) is 7.26. The van der Waals surface area contributed by atoms with E-state index in [1.807, 2.05) is 34.6 Å². The maximum atomic E-state index is 12.6. The minimum atomic E-state index is -0.942. The maximum Gasteiger partial charge on any atom is 0.374 e. The van der Waals surface area contributed by atoms with E-state index in [1.54, 1.807) is 0 Å². The van der Waals surface area contributed by atoms with Gasteiger partial charge in [-0.2, -0.15) is 0 Å². The minimum Gasteiger partial charge on any atom is -0.460 e. The molecule has 0 amide bonds. The number of esters is 2. The van der Waals surface area contributed by atoms with Crippen LogP contribution >= 0.6 is 0 Å². The first-order valence-corrected chi connectivity index (χ1v) is 9.62. The zero-order valence-electron chi connectivity index (χ0n) is 16.9. The van der Waals surface area contributed by atoms with Crippen molar-refractivity contribution in [2.24, 2.45) is 11.3 Å². The van der Waals surface area contributed by atoms with E-state index in [-0.39, 0.29) is 19.6 Å². The number of hydrogen-bond acceptors (Lipinski definition) is 6.